The van der Waals surface area contributed by atoms with E-state index in [4.69, 9.17) is 11.6 Å². The third-order valence-electron chi connectivity index (χ3n) is 3.02. The number of aryl methyl sites for hydroxylation is 1. The topological polar surface area (TPSA) is 45.2 Å². The minimum atomic E-state index is 0.247. The Balaban J connectivity index is 1.80. The van der Waals surface area contributed by atoms with Crippen molar-refractivity contribution in [1.29, 1.82) is 0 Å². The Morgan fingerprint density at radius 2 is 2.10 bits per heavy atom. The summed E-state index contributed by atoms with van der Waals surface area (Å²) in [5.74, 6) is 0.247. The smallest absolute Gasteiger partial charge is 0.120 e. The van der Waals surface area contributed by atoms with Gasteiger partial charge in [-0.1, -0.05) is 11.6 Å². The summed E-state index contributed by atoms with van der Waals surface area (Å²) in [5, 5.41) is 14.8. The number of aromatic nitrogens is 1. The SMILES string of the molecule is Cc1nc2ccc(NCc3cc(Cl)ccc3O)cc2s1. The number of rotatable bonds is 3. The maximum absolute atomic E-state index is 9.78. The van der Waals surface area contributed by atoms with Crippen molar-refractivity contribution in [2.24, 2.45) is 0 Å². The molecule has 0 radical (unpaired) electrons. The number of halogens is 1. The van der Waals surface area contributed by atoms with Gasteiger partial charge in [-0.05, 0) is 43.3 Å². The summed E-state index contributed by atoms with van der Waals surface area (Å²) in [5.41, 5.74) is 2.79. The monoisotopic (exact) mass is 304 g/mol. The van der Waals surface area contributed by atoms with Crippen LogP contribution in [0.25, 0.3) is 10.2 Å². The molecule has 2 N–H and O–H groups in total. The fourth-order valence-electron chi connectivity index (χ4n) is 2.04. The number of thiazole rings is 1. The van der Waals surface area contributed by atoms with Crippen LogP contribution in [0, 0.1) is 6.92 Å². The summed E-state index contributed by atoms with van der Waals surface area (Å²) in [6, 6.07) is 11.1. The number of nitrogens with one attached hydrogen (secondary N) is 1. The van der Waals surface area contributed by atoms with E-state index in [1.54, 1.807) is 29.5 Å². The van der Waals surface area contributed by atoms with Gasteiger partial charge in [0.1, 0.15) is 5.75 Å². The second-order valence-electron chi connectivity index (χ2n) is 4.54. The predicted octanol–water partition coefficient (Wildman–Crippen LogP) is 4.58. The van der Waals surface area contributed by atoms with Crippen molar-refractivity contribution >= 4 is 38.8 Å². The van der Waals surface area contributed by atoms with Crippen molar-refractivity contribution in [3.63, 3.8) is 0 Å². The first kappa shape index (κ1) is 13.2. The first-order valence-corrected chi connectivity index (χ1v) is 7.40. The molecule has 0 saturated heterocycles. The van der Waals surface area contributed by atoms with E-state index in [-0.39, 0.29) is 5.75 Å². The quantitative estimate of drug-likeness (QED) is 0.744. The number of aromatic hydroxyl groups is 1. The van der Waals surface area contributed by atoms with Crippen LogP contribution in [0.2, 0.25) is 5.02 Å². The second kappa shape index (κ2) is 5.31. The summed E-state index contributed by atoms with van der Waals surface area (Å²) in [7, 11) is 0. The van der Waals surface area contributed by atoms with Gasteiger partial charge in [-0.15, -0.1) is 11.3 Å². The van der Waals surface area contributed by atoms with E-state index in [0.717, 1.165) is 26.5 Å². The third-order valence-corrected chi connectivity index (χ3v) is 4.19. The summed E-state index contributed by atoms with van der Waals surface area (Å²) in [4.78, 5) is 4.43. The van der Waals surface area contributed by atoms with Crippen molar-refractivity contribution in [3.8, 4) is 5.75 Å². The molecule has 0 fully saturated rings. The average Bonchev–Trinajstić information content (AvgIpc) is 2.79. The van der Waals surface area contributed by atoms with E-state index in [9.17, 15) is 5.11 Å². The van der Waals surface area contributed by atoms with Crippen molar-refractivity contribution < 1.29 is 5.11 Å². The molecule has 0 saturated carbocycles. The standard InChI is InChI=1S/C15H13ClN2OS/c1-9-18-13-4-3-12(7-15(13)20-9)17-8-10-6-11(16)2-5-14(10)19/h2-7,17,19H,8H2,1H3. The van der Waals surface area contributed by atoms with E-state index < -0.39 is 0 Å². The molecular formula is C15H13ClN2OS. The number of phenols is 1. The first-order chi connectivity index (χ1) is 9.61. The Labute approximate surface area is 125 Å². The molecule has 0 aliphatic rings. The maximum Gasteiger partial charge on any atom is 0.120 e. The molecule has 102 valence electrons. The van der Waals surface area contributed by atoms with Crippen LogP contribution in [-0.4, -0.2) is 10.1 Å². The van der Waals surface area contributed by atoms with E-state index in [1.165, 1.54) is 0 Å². The normalized spacial score (nSPS) is 10.9. The molecule has 0 unspecified atom stereocenters. The minimum absolute atomic E-state index is 0.247. The number of nitrogens with zero attached hydrogens (tertiary/aromatic N) is 1. The van der Waals surface area contributed by atoms with E-state index in [1.807, 2.05) is 19.1 Å². The highest BCUT2D eigenvalue weighted by atomic mass is 35.5. The highest BCUT2D eigenvalue weighted by Gasteiger charge is 2.04. The van der Waals surface area contributed by atoms with Crippen LogP contribution < -0.4 is 5.32 Å². The van der Waals surface area contributed by atoms with Gasteiger partial charge in [0.05, 0.1) is 15.2 Å². The first-order valence-electron chi connectivity index (χ1n) is 6.20. The van der Waals surface area contributed by atoms with Gasteiger partial charge in [-0.25, -0.2) is 4.98 Å². The summed E-state index contributed by atoms with van der Waals surface area (Å²) < 4.78 is 1.16. The molecule has 20 heavy (non-hydrogen) atoms. The number of anilines is 1. The van der Waals surface area contributed by atoms with Gasteiger partial charge >= 0.3 is 0 Å². The van der Waals surface area contributed by atoms with Gasteiger partial charge in [0.2, 0.25) is 0 Å². The molecule has 5 heteroatoms. The lowest BCUT2D eigenvalue weighted by molar-refractivity contribution is 0.469. The van der Waals surface area contributed by atoms with Crippen LogP contribution in [0.5, 0.6) is 5.75 Å². The maximum atomic E-state index is 9.78. The lowest BCUT2D eigenvalue weighted by Gasteiger charge is -2.08. The number of hydrogen-bond donors (Lipinski definition) is 2. The van der Waals surface area contributed by atoms with Crippen LogP contribution in [0.4, 0.5) is 5.69 Å². The Morgan fingerprint density at radius 1 is 1.25 bits per heavy atom. The van der Waals surface area contributed by atoms with E-state index in [2.05, 4.69) is 16.4 Å². The molecule has 0 amide bonds. The van der Waals surface area contributed by atoms with Gasteiger partial charge in [-0.2, -0.15) is 0 Å². The highest BCUT2D eigenvalue weighted by molar-refractivity contribution is 7.18. The van der Waals surface area contributed by atoms with Gasteiger partial charge in [0.25, 0.3) is 0 Å². The number of phenolic OH excluding ortho intramolecular Hbond substituents is 1. The molecule has 0 atom stereocenters. The summed E-state index contributed by atoms with van der Waals surface area (Å²) in [6.45, 7) is 2.53. The molecule has 3 rings (SSSR count). The number of hydrogen-bond acceptors (Lipinski definition) is 4. The largest absolute Gasteiger partial charge is 0.508 e. The fourth-order valence-corrected chi connectivity index (χ4v) is 3.10. The van der Waals surface area contributed by atoms with Gasteiger partial charge in [0, 0.05) is 22.8 Å². The Bertz CT molecular complexity index is 770. The average molecular weight is 305 g/mol. The zero-order valence-electron chi connectivity index (χ0n) is 10.9. The van der Waals surface area contributed by atoms with E-state index in [0.29, 0.717) is 11.6 Å². The molecule has 0 aliphatic carbocycles. The molecule has 3 aromatic rings. The zero-order chi connectivity index (χ0) is 14.1. The Hall–Kier alpha value is -1.78. The summed E-state index contributed by atoms with van der Waals surface area (Å²) >= 11 is 7.61. The second-order valence-corrected chi connectivity index (χ2v) is 6.21. The van der Waals surface area contributed by atoms with Crippen molar-refractivity contribution in [3.05, 3.63) is 52.0 Å². The molecule has 1 aromatic heterocycles. The van der Waals surface area contributed by atoms with Gasteiger partial charge < -0.3 is 10.4 Å². The van der Waals surface area contributed by atoms with Gasteiger partial charge in [-0.3, -0.25) is 0 Å². The number of benzene rings is 2. The predicted molar refractivity (Wildman–Crippen MR) is 84.8 cm³/mol. The fraction of sp³-hybridized carbons (Fsp3) is 0.133. The van der Waals surface area contributed by atoms with Gasteiger partial charge in [0.15, 0.2) is 0 Å². The van der Waals surface area contributed by atoms with Crippen molar-refractivity contribution in [2.75, 3.05) is 5.32 Å². The van der Waals surface area contributed by atoms with Crippen LogP contribution in [0.1, 0.15) is 10.6 Å². The van der Waals surface area contributed by atoms with Crippen molar-refractivity contribution in [2.45, 2.75) is 13.5 Å². The van der Waals surface area contributed by atoms with Crippen molar-refractivity contribution in [1.82, 2.24) is 4.98 Å². The molecule has 2 aromatic carbocycles. The van der Waals surface area contributed by atoms with E-state index >= 15 is 0 Å². The third kappa shape index (κ3) is 2.71. The molecule has 0 spiro atoms. The lowest BCUT2D eigenvalue weighted by Crippen LogP contribution is -1.99. The number of fused-ring (bicyclic) bond motifs is 1. The van der Waals surface area contributed by atoms with Crippen LogP contribution in [0.3, 0.4) is 0 Å². The summed E-state index contributed by atoms with van der Waals surface area (Å²) in [6.07, 6.45) is 0. The lowest BCUT2D eigenvalue weighted by atomic mass is 10.2. The molecular weight excluding hydrogens is 292 g/mol. The minimum Gasteiger partial charge on any atom is -0.508 e. The molecule has 3 nitrogen and oxygen atoms in total. The highest BCUT2D eigenvalue weighted by Crippen LogP contribution is 2.26. The zero-order valence-corrected chi connectivity index (χ0v) is 12.4. The van der Waals surface area contributed by atoms with Crippen LogP contribution in [0.15, 0.2) is 36.4 Å². The van der Waals surface area contributed by atoms with Crippen LogP contribution in [-0.2, 0) is 6.54 Å². The molecule has 1 heterocycles. The van der Waals surface area contributed by atoms with Crippen LogP contribution >= 0.6 is 22.9 Å². The Morgan fingerprint density at radius 3 is 2.95 bits per heavy atom. The molecule has 0 bridgehead atoms. The Kier molecular flexibility index (Phi) is 3.51. The molecule has 0 aliphatic heterocycles.